The summed E-state index contributed by atoms with van der Waals surface area (Å²) < 4.78 is 27.9. The van der Waals surface area contributed by atoms with Crippen LogP contribution in [0.4, 0.5) is 0 Å². The molecule has 0 amide bonds. The van der Waals surface area contributed by atoms with E-state index < -0.39 is 18.3 Å². The largest absolute Gasteiger partial charge is 0.234 e. The minimum atomic E-state index is -3.41. The van der Waals surface area contributed by atoms with Gasteiger partial charge in [-0.05, 0) is 18.6 Å². The maximum Gasteiger partial charge on any atom is 0.234 e. The number of benzene rings is 1. The van der Waals surface area contributed by atoms with Crippen LogP contribution in [0.15, 0.2) is 53.5 Å². The van der Waals surface area contributed by atoms with Gasteiger partial charge in [-0.15, -0.1) is 0 Å². The van der Waals surface area contributed by atoms with E-state index in [1.165, 1.54) is 0 Å². The van der Waals surface area contributed by atoms with Gasteiger partial charge in [-0.25, -0.2) is 12.4 Å². The summed E-state index contributed by atoms with van der Waals surface area (Å²) in [5.74, 6) is 0. The Kier molecular flexibility index (Phi) is 4.56. The van der Waals surface area contributed by atoms with Crippen molar-refractivity contribution >= 4 is 18.3 Å². The molecule has 0 spiro atoms. The number of nitrogens with zero attached hydrogens (tertiary/aromatic N) is 1. The average molecular weight is 322 g/mol. The molecule has 21 heavy (non-hydrogen) atoms. The van der Waals surface area contributed by atoms with E-state index in [9.17, 15) is 8.42 Å². The van der Waals surface area contributed by atoms with Crippen molar-refractivity contribution in [3.8, 4) is 0 Å². The number of sulfonamides is 1. The van der Waals surface area contributed by atoms with E-state index in [0.29, 0.717) is 11.3 Å². The number of hydrogen-bond acceptors (Lipinski definition) is 2. The van der Waals surface area contributed by atoms with Crippen LogP contribution in [0.25, 0.3) is 0 Å². The summed E-state index contributed by atoms with van der Waals surface area (Å²) in [6.45, 7) is 8.21. The highest BCUT2D eigenvalue weighted by atomic mass is 32.2. The highest BCUT2D eigenvalue weighted by Crippen LogP contribution is 2.34. The van der Waals surface area contributed by atoms with E-state index in [0.717, 1.165) is 5.56 Å². The first-order valence-electron chi connectivity index (χ1n) is 7.20. The van der Waals surface area contributed by atoms with Crippen LogP contribution in [0.3, 0.4) is 0 Å². The second kappa shape index (κ2) is 5.91. The first-order valence-corrected chi connectivity index (χ1v) is 12.1. The smallest absolute Gasteiger partial charge is 0.214 e. The van der Waals surface area contributed by atoms with Crippen molar-refractivity contribution in [1.29, 1.82) is 0 Å². The number of allylic oxidation sites excluding steroid dienone is 4. The fourth-order valence-corrected chi connectivity index (χ4v) is 8.66. The van der Waals surface area contributed by atoms with Gasteiger partial charge in [0, 0.05) is 12.5 Å². The van der Waals surface area contributed by atoms with Crippen molar-refractivity contribution in [3.05, 3.63) is 59.0 Å². The van der Waals surface area contributed by atoms with Gasteiger partial charge in [0.1, 0.15) is 8.24 Å². The van der Waals surface area contributed by atoms with Gasteiger partial charge in [0.25, 0.3) is 0 Å². The Morgan fingerprint density at radius 2 is 1.76 bits per heavy atom. The maximum atomic E-state index is 13.0. The SMILES string of the molecule is C[C@H](c1ccccc1)N([Si](C)(C)C)S(=O)(=O)C1=CC=CC1. The van der Waals surface area contributed by atoms with E-state index in [4.69, 9.17) is 0 Å². The molecule has 0 bridgehead atoms. The Labute approximate surface area is 129 Å². The standard InChI is InChI=1S/C16H23NO2SSi/c1-14(15-10-6-5-7-11-15)17(21(2,3)4)20(18,19)16-12-8-9-13-16/h5-12,14H,13H2,1-4H3/t14-/m1/s1. The molecule has 0 unspecified atom stereocenters. The third-order valence-electron chi connectivity index (χ3n) is 3.62. The van der Waals surface area contributed by atoms with E-state index in [-0.39, 0.29) is 6.04 Å². The molecule has 1 aromatic carbocycles. The molecule has 5 heteroatoms. The molecule has 0 saturated heterocycles. The molecular formula is C16H23NO2SSi. The molecule has 114 valence electrons. The number of hydrogen-bond donors (Lipinski definition) is 0. The molecule has 1 aliphatic rings. The monoisotopic (exact) mass is 321 g/mol. The van der Waals surface area contributed by atoms with Gasteiger partial charge in [0.15, 0.2) is 0 Å². The second-order valence-corrected chi connectivity index (χ2v) is 13.3. The quantitative estimate of drug-likeness (QED) is 0.767. The summed E-state index contributed by atoms with van der Waals surface area (Å²) in [4.78, 5) is 0.507. The van der Waals surface area contributed by atoms with Crippen LogP contribution in [0.2, 0.25) is 19.6 Å². The van der Waals surface area contributed by atoms with Crippen LogP contribution in [0.1, 0.15) is 24.9 Å². The number of rotatable bonds is 5. The summed E-state index contributed by atoms with van der Waals surface area (Å²) >= 11 is 0. The van der Waals surface area contributed by atoms with Crippen molar-refractivity contribution < 1.29 is 8.42 Å². The fraction of sp³-hybridized carbons (Fsp3) is 0.375. The molecule has 1 aromatic rings. The third kappa shape index (κ3) is 3.36. The average Bonchev–Trinajstić information content (AvgIpc) is 2.92. The molecule has 3 nitrogen and oxygen atoms in total. The zero-order valence-corrected chi connectivity index (χ0v) is 14.9. The summed E-state index contributed by atoms with van der Waals surface area (Å²) in [5.41, 5.74) is 1.04. The zero-order chi connectivity index (χ0) is 15.7. The molecule has 0 radical (unpaired) electrons. The van der Waals surface area contributed by atoms with Crippen molar-refractivity contribution in [1.82, 2.24) is 3.97 Å². The van der Waals surface area contributed by atoms with Crippen molar-refractivity contribution in [2.45, 2.75) is 39.0 Å². The van der Waals surface area contributed by atoms with Gasteiger partial charge < -0.3 is 0 Å². The first kappa shape index (κ1) is 16.2. The van der Waals surface area contributed by atoms with Gasteiger partial charge >= 0.3 is 0 Å². The zero-order valence-electron chi connectivity index (χ0n) is 13.1. The van der Waals surface area contributed by atoms with Crippen LogP contribution in [0.5, 0.6) is 0 Å². The molecule has 0 heterocycles. The minimum absolute atomic E-state index is 0.149. The Bertz CT molecular complexity index is 657. The molecule has 0 aliphatic heterocycles. The van der Waals surface area contributed by atoms with E-state index in [1.54, 1.807) is 10.0 Å². The van der Waals surface area contributed by atoms with Gasteiger partial charge in [-0.3, -0.25) is 0 Å². The molecule has 1 aliphatic carbocycles. The Morgan fingerprint density at radius 1 is 1.14 bits per heavy atom. The van der Waals surface area contributed by atoms with Gasteiger partial charge in [0.05, 0.1) is 4.91 Å². The summed E-state index contributed by atoms with van der Waals surface area (Å²) in [6, 6.07) is 9.70. The van der Waals surface area contributed by atoms with Crippen molar-refractivity contribution in [2.75, 3.05) is 0 Å². The lowest BCUT2D eigenvalue weighted by Crippen LogP contribution is -2.51. The summed E-state index contributed by atoms with van der Waals surface area (Å²) in [5, 5.41) is 0. The highest BCUT2D eigenvalue weighted by molar-refractivity contribution is 7.94. The lowest BCUT2D eigenvalue weighted by atomic mass is 10.1. The first-order chi connectivity index (χ1) is 9.74. The molecular weight excluding hydrogens is 298 g/mol. The van der Waals surface area contributed by atoms with Gasteiger partial charge in [-0.2, -0.15) is 0 Å². The fourth-order valence-electron chi connectivity index (χ4n) is 2.76. The molecule has 0 N–H and O–H groups in total. The maximum absolute atomic E-state index is 13.0. The molecule has 2 rings (SSSR count). The van der Waals surface area contributed by atoms with Crippen LogP contribution in [0, 0.1) is 0 Å². The summed E-state index contributed by atoms with van der Waals surface area (Å²) in [6.07, 6.45) is 5.94. The topological polar surface area (TPSA) is 37.4 Å². The predicted molar refractivity (Wildman–Crippen MR) is 90.8 cm³/mol. The van der Waals surface area contributed by atoms with Gasteiger partial charge in [-0.1, -0.05) is 62.1 Å². The lowest BCUT2D eigenvalue weighted by Gasteiger charge is -2.38. The molecule has 0 saturated carbocycles. The van der Waals surface area contributed by atoms with Crippen molar-refractivity contribution in [2.24, 2.45) is 0 Å². The Hall–Kier alpha value is -1.17. The van der Waals surface area contributed by atoms with Crippen LogP contribution in [-0.2, 0) is 10.0 Å². The highest BCUT2D eigenvalue weighted by Gasteiger charge is 2.40. The Balaban J connectivity index is 2.45. The third-order valence-corrected chi connectivity index (χ3v) is 9.50. The molecule has 0 aromatic heterocycles. The second-order valence-electron chi connectivity index (χ2n) is 6.32. The van der Waals surface area contributed by atoms with Gasteiger partial charge in [0.2, 0.25) is 10.0 Å². The van der Waals surface area contributed by atoms with Crippen LogP contribution in [-0.4, -0.2) is 20.6 Å². The summed E-state index contributed by atoms with van der Waals surface area (Å²) in [7, 11) is -5.47. The predicted octanol–water partition coefficient (Wildman–Crippen LogP) is 4.06. The van der Waals surface area contributed by atoms with E-state index in [2.05, 4.69) is 19.6 Å². The Morgan fingerprint density at radius 3 is 2.24 bits per heavy atom. The molecule has 0 fully saturated rings. The van der Waals surface area contributed by atoms with Crippen molar-refractivity contribution in [3.63, 3.8) is 0 Å². The molecule has 1 atom stereocenters. The lowest BCUT2D eigenvalue weighted by molar-refractivity contribution is 0.468. The van der Waals surface area contributed by atoms with Crippen LogP contribution >= 0.6 is 0 Å². The van der Waals surface area contributed by atoms with E-state index >= 15 is 0 Å². The van der Waals surface area contributed by atoms with Crippen LogP contribution < -0.4 is 0 Å². The minimum Gasteiger partial charge on any atom is -0.214 e. The normalized spacial score (nSPS) is 17.1. The van der Waals surface area contributed by atoms with E-state index in [1.807, 2.05) is 49.4 Å².